The molecule has 0 saturated heterocycles. The van der Waals surface area contributed by atoms with Gasteiger partial charge >= 0.3 is 0 Å². The second kappa shape index (κ2) is 5.24. The van der Waals surface area contributed by atoms with Gasteiger partial charge in [-0.05, 0) is 0 Å². The maximum Gasteiger partial charge on any atom is 0.250 e. The molecule has 0 fully saturated rings. The maximum atomic E-state index is 5.01. The first-order chi connectivity index (χ1) is 8.98. The Kier molecular flexibility index (Phi) is 3.67. The van der Waals surface area contributed by atoms with Crippen LogP contribution in [0.1, 0.15) is 5.56 Å². The molecular formula is C13H16N4OSi. The molecule has 2 rings (SSSR count). The monoisotopic (exact) mass is 272 g/mol. The summed E-state index contributed by atoms with van der Waals surface area (Å²) in [5.74, 6) is 4.27. The Labute approximate surface area is 113 Å². The third-order valence-electron chi connectivity index (χ3n) is 2.22. The number of hydrogen-bond donors (Lipinski definition) is 0. The topological polar surface area (TPSA) is 52.8 Å². The minimum atomic E-state index is -1.37. The largest absolute Gasteiger partial charge is 0.494 e. The van der Waals surface area contributed by atoms with E-state index in [0.717, 1.165) is 5.56 Å². The molecule has 98 valence electrons. The Morgan fingerprint density at radius 2 is 1.84 bits per heavy atom. The van der Waals surface area contributed by atoms with Gasteiger partial charge in [0, 0.05) is 6.20 Å². The van der Waals surface area contributed by atoms with Crippen molar-refractivity contribution in [2.24, 2.45) is 0 Å². The number of methoxy groups -OCH3 is 1. The van der Waals surface area contributed by atoms with Crippen LogP contribution in [0.15, 0.2) is 24.8 Å². The molecule has 0 aliphatic heterocycles. The van der Waals surface area contributed by atoms with E-state index in [1.165, 1.54) is 0 Å². The molecule has 0 atom stereocenters. The molecule has 0 bridgehead atoms. The average molecular weight is 272 g/mol. The van der Waals surface area contributed by atoms with Gasteiger partial charge in [0.2, 0.25) is 0 Å². The van der Waals surface area contributed by atoms with Gasteiger partial charge < -0.3 is 4.74 Å². The van der Waals surface area contributed by atoms with Crippen molar-refractivity contribution in [2.45, 2.75) is 19.6 Å². The van der Waals surface area contributed by atoms with Crippen LogP contribution >= 0.6 is 0 Å². The van der Waals surface area contributed by atoms with Gasteiger partial charge in [-0.3, -0.25) is 0 Å². The first-order valence-electron chi connectivity index (χ1n) is 5.92. The van der Waals surface area contributed by atoms with Crippen molar-refractivity contribution in [2.75, 3.05) is 7.11 Å². The lowest BCUT2D eigenvalue weighted by molar-refractivity contribution is 0.410. The highest BCUT2D eigenvalue weighted by Crippen LogP contribution is 2.08. The Morgan fingerprint density at radius 1 is 1.16 bits per heavy atom. The highest BCUT2D eigenvalue weighted by atomic mass is 28.3. The van der Waals surface area contributed by atoms with Crippen molar-refractivity contribution in [3.63, 3.8) is 0 Å². The number of nitrogens with zero attached hydrogens (tertiary/aromatic N) is 4. The van der Waals surface area contributed by atoms with Crippen LogP contribution in [0.5, 0.6) is 5.75 Å². The van der Waals surface area contributed by atoms with E-state index in [4.69, 9.17) is 4.74 Å². The van der Waals surface area contributed by atoms with Crippen molar-refractivity contribution in [3.05, 3.63) is 30.4 Å². The fourth-order valence-electron chi connectivity index (χ4n) is 1.29. The summed E-state index contributed by atoms with van der Waals surface area (Å²) in [4.78, 5) is 8.33. The molecule has 2 heterocycles. The Hall–Kier alpha value is -2.13. The van der Waals surface area contributed by atoms with Gasteiger partial charge in [0.25, 0.3) is 5.95 Å². The molecule has 0 saturated carbocycles. The Morgan fingerprint density at radius 3 is 2.42 bits per heavy atom. The lowest BCUT2D eigenvalue weighted by atomic mass is 10.4. The third kappa shape index (κ3) is 3.66. The molecule has 2 aromatic heterocycles. The molecule has 0 aliphatic rings. The summed E-state index contributed by atoms with van der Waals surface area (Å²) in [6, 6.07) is 0. The average Bonchev–Trinajstić information content (AvgIpc) is 2.84. The van der Waals surface area contributed by atoms with E-state index in [2.05, 4.69) is 46.2 Å². The first kappa shape index (κ1) is 13.3. The van der Waals surface area contributed by atoms with Gasteiger partial charge in [0.05, 0.1) is 31.3 Å². The van der Waals surface area contributed by atoms with Crippen LogP contribution in [-0.2, 0) is 0 Å². The number of ether oxygens (including phenoxy) is 1. The molecule has 6 heteroatoms. The highest BCUT2D eigenvalue weighted by Gasteiger charge is 2.08. The van der Waals surface area contributed by atoms with Gasteiger partial charge in [0.15, 0.2) is 5.75 Å². The Balaban J connectivity index is 2.22. The van der Waals surface area contributed by atoms with E-state index < -0.39 is 8.07 Å². The summed E-state index contributed by atoms with van der Waals surface area (Å²) in [6.45, 7) is 6.62. The van der Waals surface area contributed by atoms with Crippen molar-refractivity contribution in [1.29, 1.82) is 0 Å². The van der Waals surface area contributed by atoms with Gasteiger partial charge in [-0.2, -0.15) is 5.10 Å². The zero-order chi connectivity index (χ0) is 13.9. The summed E-state index contributed by atoms with van der Waals surface area (Å²) in [5, 5.41) is 4.21. The number of rotatable bonds is 2. The minimum Gasteiger partial charge on any atom is -0.494 e. The molecule has 19 heavy (non-hydrogen) atoms. The van der Waals surface area contributed by atoms with E-state index in [1.54, 1.807) is 30.4 Å². The number of aromatic nitrogens is 4. The van der Waals surface area contributed by atoms with Crippen LogP contribution in [0.3, 0.4) is 0 Å². The molecule has 0 unspecified atom stereocenters. The van der Waals surface area contributed by atoms with Crippen LogP contribution in [0.2, 0.25) is 19.6 Å². The van der Waals surface area contributed by atoms with E-state index in [1.807, 2.05) is 6.20 Å². The van der Waals surface area contributed by atoms with Crippen LogP contribution in [0, 0.1) is 11.5 Å². The lowest BCUT2D eigenvalue weighted by Gasteiger charge is -2.02. The standard InChI is InChI=1S/C13H16N4OSi/c1-18-12-8-14-13(15-9-12)17-10-11(7-16-17)5-6-19(2,3)4/h7-10H,1-4H3. The molecule has 0 radical (unpaired) electrons. The van der Waals surface area contributed by atoms with Crippen molar-refractivity contribution in [1.82, 2.24) is 19.7 Å². The van der Waals surface area contributed by atoms with E-state index >= 15 is 0 Å². The minimum absolute atomic E-state index is 0.502. The fraction of sp³-hybridized carbons (Fsp3) is 0.308. The Bertz CT molecular complexity index is 617. The highest BCUT2D eigenvalue weighted by molar-refractivity contribution is 6.83. The molecule has 0 spiro atoms. The predicted molar refractivity (Wildman–Crippen MR) is 75.9 cm³/mol. The molecule has 2 aromatic rings. The van der Waals surface area contributed by atoms with E-state index in [0.29, 0.717) is 11.7 Å². The van der Waals surface area contributed by atoms with Crippen LogP contribution in [0.4, 0.5) is 0 Å². The van der Waals surface area contributed by atoms with Crippen molar-refractivity contribution in [3.8, 4) is 23.2 Å². The molecule has 0 aromatic carbocycles. The first-order valence-corrected chi connectivity index (χ1v) is 9.42. The van der Waals surface area contributed by atoms with Crippen LogP contribution in [-0.4, -0.2) is 34.9 Å². The zero-order valence-electron chi connectivity index (χ0n) is 11.5. The third-order valence-corrected chi connectivity index (χ3v) is 3.09. The smallest absolute Gasteiger partial charge is 0.250 e. The van der Waals surface area contributed by atoms with Gasteiger partial charge in [-0.1, -0.05) is 25.6 Å². The number of hydrogen-bond acceptors (Lipinski definition) is 4. The normalized spacial score (nSPS) is 10.7. The molecule has 0 amide bonds. The van der Waals surface area contributed by atoms with Crippen LogP contribution < -0.4 is 4.74 Å². The van der Waals surface area contributed by atoms with Crippen molar-refractivity contribution < 1.29 is 4.74 Å². The van der Waals surface area contributed by atoms with Crippen molar-refractivity contribution >= 4 is 8.07 Å². The van der Waals surface area contributed by atoms with Gasteiger partial charge in [-0.25, -0.2) is 14.6 Å². The zero-order valence-corrected chi connectivity index (χ0v) is 12.5. The summed E-state index contributed by atoms with van der Waals surface area (Å²) in [7, 11) is 0.211. The lowest BCUT2D eigenvalue weighted by Crippen LogP contribution is -2.16. The SMILES string of the molecule is COc1cnc(-n2cc(C#C[Si](C)(C)C)cn2)nc1. The van der Waals surface area contributed by atoms with Gasteiger partial charge in [0.1, 0.15) is 8.07 Å². The molecular weight excluding hydrogens is 256 g/mol. The summed E-state index contributed by atoms with van der Waals surface area (Å²) in [6.07, 6.45) is 6.77. The van der Waals surface area contributed by atoms with E-state index in [9.17, 15) is 0 Å². The van der Waals surface area contributed by atoms with Crippen LogP contribution in [0.25, 0.3) is 5.95 Å². The second-order valence-corrected chi connectivity index (χ2v) is 9.85. The maximum absolute atomic E-state index is 5.01. The summed E-state index contributed by atoms with van der Waals surface area (Å²) in [5.41, 5.74) is 4.17. The fourth-order valence-corrected chi connectivity index (χ4v) is 1.81. The van der Waals surface area contributed by atoms with Gasteiger partial charge in [-0.15, -0.1) is 5.54 Å². The summed E-state index contributed by atoms with van der Waals surface area (Å²) >= 11 is 0. The second-order valence-electron chi connectivity index (χ2n) is 5.10. The quantitative estimate of drug-likeness (QED) is 0.619. The predicted octanol–water partition coefficient (Wildman–Crippen LogP) is 1.90. The molecule has 5 nitrogen and oxygen atoms in total. The van der Waals surface area contributed by atoms with E-state index in [-0.39, 0.29) is 0 Å². The summed E-state index contributed by atoms with van der Waals surface area (Å²) < 4.78 is 6.62. The molecule has 0 N–H and O–H groups in total. The molecule has 0 aliphatic carbocycles.